The van der Waals surface area contributed by atoms with E-state index >= 15 is 0 Å². The molecule has 1 aliphatic rings. The van der Waals surface area contributed by atoms with Crippen LogP contribution in [0.2, 0.25) is 0 Å². The fourth-order valence-electron chi connectivity index (χ4n) is 3.15. The molecule has 0 aromatic rings. The Morgan fingerprint density at radius 1 is 1.17 bits per heavy atom. The average Bonchev–Trinajstić information content (AvgIpc) is 2.30. The molecule has 1 heterocycles. The number of likely N-dealkylation sites (tertiary alicyclic amines) is 1. The summed E-state index contributed by atoms with van der Waals surface area (Å²) in [4.78, 5) is 2.58. The van der Waals surface area contributed by atoms with E-state index in [1.165, 1.54) is 38.8 Å². The Kier molecular flexibility index (Phi) is 7.25. The van der Waals surface area contributed by atoms with E-state index in [0.717, 1.165) is 30.7 Å². The zero-order valence-corrected chi connectivity index (χ0v) is 13.0. The number of hydrogen-bond donors (Lipinski definition) is 1. The minimum atomic E-state index is 0.371. The standard InChI is InChI=1S/C16H34N2/c1-5-14(4)11-15-6-8-18(9-7-15)12-16(17)10-13(2)3/h13-16H,5-12,17H2,1-4H3. The molecule has 0 aliphatic carbocycles. The van der Waals surface area contributed by atoms with Gasteiger partial charge in [-0.3, -0.25) is 0 Å². The van der Waals surface area contributed by atoms with Crippen molar-refractivity contribution in [2.24, 2.45) is 23.5 Å². The molecule has 0 bridgehead atoms. The Morgan fingerprint density at radius 2 is 1.78 bits per heavy atom. The van der Waals surface area contributed by atoms with Crippen LogP contribution in [0.4, 0.5) is 0 Å². The van der Waals surface area contributed by atoms with Crippen molar-refractivity contribution in [3.8, 4) is 0 Å². The van der Waals surface area contributed by atoms with Crippen LogP contribution in [0.15, 0.2) is 0 Å². The lowest BCUT2D eigenvalue weighted by Gasteiger charge is -2.34. The smallest absolute Gasteiger partial charge is 0.0170 e. The molecule has 1 fully saturated rings. The number of piperidine rings is 1. The van der Waals surface area contributed by atoms with Gasteiger partial charge in [0.05, 0.1) is 0 Å². The van der Waals surface area contributed by atoms with Crippen molar-refractivity contribution in [1.82, 2.24) is 4.90 Å². The van der Waals surface area contributed by atoms with Crippen LogP contribution in [0.3, 0.4) is 0 Å². The zero-order valence-electron chi connectivity index (χ0n) is 13.0. The summed E-state index contributed by atoms with van der Waals surface area (Å²) in [6.45, 7) is 12.9. The van der Waals surface area contributed by atoms with Gasteiger partial charge in [-0.2, -0.15) is 0 Å². The van der Waals surface area contributed by atoms with Crippen LogP contribution in [0.1, 0.15) is 59.8 Å². The molecule has 1 rings (SSSR count). The summed E-state index contributed by atoms with van der Waals surface area (Å²) >= 11 is 0. The van der Waals surface area contributed by atoms with E-state index in [4.69, 9.17) is 5.73 Å². The van der Waals surface area contributed by atoms with Crippen molar-refractivity contribution in [2.45, 2.75) is 65.8 Å². The lowest BCUT2D eigenvalue weighted by molar-refractivity contribution is 0.157. The first-order valence-corrected chi connectivity index (χ1v) is 7.99. The third kappa shape index (κ3) is 6.19. The molecule has 0 radical (unpaired) electrons. The molecule has 0 aromatic heterocycles. The van der Waals surface area contributed by atoms with Crippen molar-refractivity contribution < 1.29 is 0 Å². The Bertz CT molecular complexity index is 207. The van der Waals surface area contributed by atoms with Gasteiger partial charge in [-0.15, -0.1) is 0 Å². The molecule has 0 amide bonds. The summed E-state index contributed by atoms with van der Waals surface area (Å²) in [5, 5.41) is 0. The molecule has 2 unspecified atom stereocenters. The van der Waals surface area contributed by atoms with Gasteiger partial charge < -0.3 is 10.6 Å². The number of nitrogens with zero attached hydrogens (tertiary/aromatic N) is 1. The van der Waals surface area contributed by atoms with Gasteiger partial charge in [-0.05, 0) is 56.5 Å². The Balaban J connectivity index is 2.18. The average molecular weight is 254 g/mol. The van der Waals surface area contributed by atoms with E-state index in [1.807, 2.05) is 0 Å². The van der Waals surface area contributed by atoms with Gasteiger partial charge in [-0.1, -0.05) is 34.1 Å². The molecular weight excluding hydrogens is 220 g/mol. The van der Waals surface area contributed by atoms with Crippen LogP contribution in [0, 0.1) is 17.8 Å². The summed E-state index contributed by atoms with van der Waals surface area (Å²) in [6.07, 6.45) is 6.70. The van der Waals surface area contributed by atoms with Crippen molar-refractivity contribution in [2.75, 3.05) is 19.6 Å². The van der Waals surface area contributed by atoms with E-state index in [1.54, 1.807) is 0 Å². The lowest BCUT2D eigenvalue weighted by Crippen LogP contribution is -2.42. The predicted octanol–water partition coefficient (Wildman–Crippen LogP) is 3.51. The normalized spacial score (nSPS) is 22.3. The van der Waals surface area contributed by atoms with Gasteiger partial charge in [0.15, 0.2) is 0 Å². The Hall–Kier alpha value is -0.0800. The maximum absolute atomic E-state index is 6.20. The maximum Gasteiger partial charge on any atom is 0.0170 e. The summed E-state index contributed by atoms with van der Waals surface area (Å²) in [7, 11) is 0. The SMILES string of the molecule is CCC(C)CC1CCN(CC(N)CC(C)C)CC1. The highest BCUT2D eigenvalue weighted by Crippen LogP contribution is 2.25. The fourth-order valence-corrected chi connectivity index (χ4v) is 3.15. The van der Waals surface area contributed by atoms with Gasteiger partial charge in [-0.25, -0.2) is 0 Å². The monoisotopic (exact) mass is 254 g/mol. The van der Waals surface area contributed by atoms with Crippen LogP contribution in [0.25, 0.3) is 0 Å². The molecule has 18 heavy (non-hydrogen) atoms. The van der Waals surface area contributed by atoms with E-state index in [-0.39, 0.29) is 0 Å². The summed E-state index contributed by atoms with van der Waals surface area (Å²) < 4.78 is 0. The van der Waals surface area contributed by atoms with Crippen LogP contribution in [-0.2, 0) is 0 Å². The topological polar surface area (TPSA) is 29.3 Å². The lowest BCUT2D eigenvalue weighted by atomic mass is 9.87. The summed E-state index contributed by atoms with van der Waals surface area (Å²) in [5.41, 5.74) is 6.20. The van der Waals surface area contributed by atoms with Crippen molar-refractivity contribution >= 4 is 0 Å². The minimum Gasteiger partial charge on any atom is -0.327 e. The zero-order chi connectivity index (χ0) is 13.5. The van der Waals surface area contributed by atoms with Gasteiger partial charge in [0.2, 0.25) is 0 Å². The predicted molar refractivity (Wildman–Crippen MR) is 80.7 cm³/mol. The maximum atomic E-state index is 6.20. The second-order valence-electron chi connectivity index (χ2n) is 6.88. The molecule has 1 saturated heterocycles. The first kappa shape index (κ1) is 16.0. The second-order valence-corrected chi connectivity index (χ2v) is 6.88. The minimum absolute atomic E-state index is 0.371. The molecule has 2 heteroatoms. The van der Waals surface area contributed by atoms with Gasteiger partial charge >= 0.3 is 0 Å². The van der Waals surface area contributed by atoms with Crippen molar-refractivity contribution in [3.63, 3.8) is 0 Å². The van der Waals surface area contributed by atoms with Gasteiger partial charge in [0.25, 0.3) is 0 Å². The molecule has 108 valence electrons. The molecule has 2 atom stereocenters. The number of rotatable bonds is 7. The second kappa shape index (κ2) is 8.16. The summed E-state index contributed by atoms with van der Waals surface area (Å²) in [6, 6.07) is 0.371. The Morgan fingerprint density at radius 3 is 2.28 bits per heavy atom. The highest BCUT2D eigenvalue weighted by Gasteiger charge is 2.21. The molecule has 0 aromatic carbocycles. The highest BCUT2D eigenvalue weighted by atomic mass is 15.1. The number of hydrogen-bond acceptors (Lipinski definition) is 2. The first-order chi connectivity index (χ1) is 8.51. The third-order valence-electron chi connectivity index (χ3n) is 4.41. The quantitative estimate of drug-likeness (QED) is 0.753. The molecule has 0 saturated carbocycles. The van der Waals surface area contributed by atoms with Gasteiger partial charge in [0, 0.05) is 12.6 Å². The molecule has 2 nitrogen and oxygen atoms in total. The first-order valence-electron chi connectivity index (χ1n) is 7.99. The van der Waals surface area contributed by atoms with Crippen LogP contribution < -0.4 is 5.73 Å². The van der Waals surface area contributed by atoms with E-state index in [9.17, 15) is 0 Å². The molecule has 0 spiro atoms. The highest BCUT2D eigenvalue weighted by molar-refractivity contribution is 4.77. The molecular formula is C16H34N2. The van der Waals surface area contributed by atoms with E-state index in [2.05, 4.69) is 32.6 Å². The van der Waals surface area contributed by atoms with Gasteiger partial charge in [0.1, 0.15) is 0 Å². The Labute approximate surface area is 114 Å². The fraction of sp³-hybridized carbons (Fsp3) is 1.00. The number of nitrogens with two attached hydrogens (primary N) is 1. The van der Waals surface area contributed by atoms with Crippen molar-refractivity contribution in [3.05, 3.63) is 0 Å². The van der Waals surface area contributed by atoms with Crippen LogP contribution in [0.5, 0.6) is 0 Å². The van der Waals surface area contributed by atoms with Crippen LogP contribution >= 0.6 is 0 Å². The largest absolute Gasteiger partial charge is 0.327 e. The molecule has 2 N–H and O–H groups in total. The van der Waals surface area contributed by atoms with Crippen LogP contribution in [-0.4, -0.2) is 30.6 Å². The van der Waals surface area contributed by atoms with E-state index < -0.39 is 0 Å². The van der Waals surface area contributed by atoms with E-state index in [0.29, 0.717) is 6.04 Å². The van der Waals surface area contributed by atoms with Crippen molar-refractivity contribution in [1.29, 1.82) is 0 Å². The molecule has 1 aliphatic heterocycles. The summed E-state index contributed by atoms with van der Waals surface area (Å²) in [5.74, 6) is 2.60. The third-order valence-corrected chi connectivity index (χ3v) is 4.41.